The molecule has 47 heavy (non-hydrogen) atoms. The lowest BCUT2D eigenvalue weighted by Gasteiger charge is -2.30. The molecule has 0 amide bonds. The van der Waals surface area contributed by atoms with Crippen molar-refractivity contribution in [1.29, 1.82) is 0 Å². The van der Waals surface area contributed by atoms with Gasteiger partial charge in [-0.3, -0.25) is 9.13 Å². The summed E-state index contributed by atoms with van der Waals surface area (Å²) in [6, 6.07) is 0.841. The van der Waals surface area contributed by atoms with Crippen LogP contribution in [0.1, 0.15) is 33.2 Å². The lowest BCUT2D eigenvalue weighted by Crippen LogP contribution is -2.47. The molecular formula is C22H23N6O16P2S-3. The zero-order valence-electron chi connectivity index (χ0n) is 23.2. The predicted octanol–water partition coefficient (Wildman–Crippen LogP) is -5.19. The number of pyridine rings is 1. The highest BCUT2D eigenvalue weighted by Crippen LogP contribution is 2.41. The van der Waals surface area contributed by atoms with Gasteiger partial charge in [0, 0.05) is 5.12 Å². The highest BCUT2D eigenvalue weighted by Gasteiger charge is 2.49. The van der Waals surface area contributed by atoms with Gasteiger partial charge in [-0.05, 0) is 6.07 Å². The highest BCUT2D eigenvalue weighted by molar-refractivity contribution is 7.77. The maximum absolute atomic E-state index is 12.8. The van der Waals surface area contributed by atoms with Gasteiger partial charge in [0.15, 0.2) is 36.2 Å². The van der Waals surface area contributed by atoms with Gasteiger partial charge in [0.25, 0.3) is 6.23 Å². The number of hydrogen-bond acceptors (Lipinski definition) is 21. The number of aromatic nitrogens is 5. The maximum atomic E-state index is 12.8. The molecule has 3 aromatic heterocycles. The number of phosphoric acid groups is 2. The van der Waals surface area contributed by atoms with Crippen molar-refractivity contribution in [3.63, 3.8) is 0 Å². The first kappa shape index (κ1) is 35.2. The standard InChI is InChI=1S/C22H26N6O16P2S/c23-17-12-18(25-6-24-17)28(7-26-12)20-16(32)14(30)11(43-20)5-41-46(38,39)44-21(33)8-1-9(22(34)47)3-27(2-8)19-15(31)13(29)10(42-19)4-40-45(35,36)37/h1-3,6-7,10-11,13-16,19-20,29-32H,4-5H2,(H5-,23,24,25,34,35,36,37,38,39,47)/p-3/t10-,11-,13-,14-,15-,16-,19-,20-/m1/s1. The summed E-state index contributed by atoms with van der Waals surface area (Å²) in [6.45, 7) is -1.93. The molecule has 2 saturated heterocycles. The van der Waals surface area contributed by atoms with Gasteiger partial charge in [0.1, 0.15) is 47.9 Å². The molecule has 0 bridgehead atoms. The molecular weight excluding hydrogens is 698 g/mol. The molecule has 2 aliphatic heterocycles. The lowest BCUT2D eigenvalue weighted by atomic mass is 10.1. The third-order valence-corrected chi connectivity index (χ3v) is 8.53. The minimum absolute atomic E-state index is 0.0287. The zero-order valence-corrected chi connectivity index (χ0v) is 25.8. The van der Waals surface area contributed by atoms with Gasteiger partial charge in [-0.1, -0.05) is 0 Å². The number of nitrogens with zero attached hydrogens (tertiary/aromatic N) is 5. The van der Waals surface area contributed by atoms with E-state index in [-0.39, 0.29) is 17.0 Å². The van der Waals surface area contributed by atoms with E-state index in [9.17, 15) is 53.8 Å². The fourth-order valence-electron chi connectivity index (χ4n) is 4.75. The molecule has 5 rings (SSSR count). The third-order valence-electron chi connectivity index (χ3n) is 6.98. The number of ether oxygens (including phenoxy) is 2. The summed E-state index contributed by atoms with van der Waals surface area (Å²) in [4.78, 5) is 70.8. The zero-order chi connectivity index (χ0) is 34.4. The molecule has 0 radical (unpaired) electrons. The molecule has 2 fully saturated rings. The van der Waals surface area contributed by atoms with Crippen molar-refractivity contribution in [2.75, 3.05) is 18.9 Å². The van der Waals surface area contributed by atoms with Gasteiger partial charge in [-0.15, -0.1) is 0 Å². The molecule has 6 N–H and O–H groups in total. The third kappa shape index (κ3) is 7.63. The van der Waals surface area contributed by atoms with Crippen LogP contribution in [0.2, 0.25) is 0 Å². The van der Waals surface area contributed by atoms with Crippen LogP contribution in [0.15, 0.2) is 31.1 Å². The molecule has 0 aliphatic carbocycles. The summed E-state index contributed by atoms with van der Waals surface area (Å²) >= 11 is 4.59. The van der Waals surface area contributed by atoms with Crippen LogP contribution in [0.3, 0.4) is 0 Å². The number of nitrogen functional groups attached to an aromatic ring is 1. The second-order valence-electron chi connectivity index (χ2n) is 10.1. The predicted molar refractivity (Wildman–Crippen MR) is 142 cm³/mol. The monoisotopic (exact) mass is 721 g/mol. The van der Waals surface area contributed by atoms with Crippen molar-refractivity contribution >= 4 is 56.3 Å². The largest absolute Gasteiger partial charge is 0.790 e. The fourth-order valence-corrected chi connectivity index (χ4v) is 5.88. The van der Waals surface area contributed by atoms with Crippen LogP contribution in [0.4, 0.5) is 5.82 Å². The first-order valence-corrected chi connectivity index (χ1v) is 16.4. The van der Waals surface area contributed by atoms with Gasteiger partial charge >= 0.3 is 13.8 Å². The van der Waals surface area contributed by atoms with Crippen molar-refractivity contribution in [2.45, 2.75) is 49.1 Å². The van der Waals surface area contributed by atoms with E-state index in [0.717, 1.165) is 29.4 Å². The average molecular weight is 721 g/mol. The summed E-state index contributed by atoms with van der Waals surface area (Å²) in [7, 11) is -11.0. The van der Waals surface area contributed by atoms with E-state index in [1.54, 1.807) is 0 Å². The van der Waals surface area contributed by atoms with Gasteiger partial charge in [-0.25, -0.2) is 19.7 Å². The quantitative estimate of drug-likeness (QED) is 0.0701. The Hall–Kier alpha value is -3.12. The summed E-state index contributed by atoms with van der Waals surface area (Å²) < 4.78 is 49.6. The molecule has 5 heterocycles. The Morgan fingerprint density at radius 2 is 1.60 bits per heavy atom. The summed E-state index contributed by atoms with van der Waals surface area (Å²) in [6.07, 6.45) is -8.78. The van der Waals surface area contributed by atoms with E-state index in [0.29, 0.717) is 0 Å². The van der Waals surface area contributed by atoms with Crippen LogP contribution in [-0.4, -0.2) is 101 Å². The molecule has 3 aromatic rings. The number of aliphatic hydroxyl groups excluding tert-OH is 4. The number of carbonyl (C=O) groups excluding carboxylic acids is 2. The number of carbonyl (C=O) groups is 2. The summed E-state index contributed by atoms with van der Waals surface area (Å²) in [5.74, 6) is -1.59. The van der Waals surface area contributed by atoms with Crippen molar-refractivity contribution in [3.05, 3.63) is 42.2 Å². The molecule has 0 spiro atoms. The molecule has 0 saturated carbocycles. The Bertz CT molecular complexity index is 1780. The first-order valence-electron chi connectivity index (χ1n) is 13.0. The fraction of sp³-hybridized carbons (Fsp3) is 0.455. The molecule has 22 nitrogen and oxygen atoms in total. The molecule has 0 aromatic carbocycles. The number of imidazole rings is 1. The van der Waals surface area contributed by atoms with Gasteiger partial charge < -0.3 is 85.9 Å². The van der Waals surface area contributed by atoms with E-state index >= 15 is 0 Å². The molecule has 1 unspecified atom stereocenters. The molecule has 25 heteroatoms. The number of aliphatic hydroxyl groups is 4. The Balaban J connectivity index is 1.27. The van der Waals surface area contributed by atoms with E-state index in [4.69, 9.17) is 19.7 Å². The molecule has 2 aliphatic rings. The Morgan fingerprint density at radius 1 is 0.957 bits per heavy atom. The van der Waals surface area contributed by atoms with Crippen LogP contribution in [0.25, 0.3) is 11.2 Å². The van der Waals surface area contributed by atoms with E-state index in [1.807, 2.05) is 0 Å². The number of anilines is 1. The molecule has 9 atom stereocenters. The number of hydrogen-bond donors (Lipinski definition) is 5. The SMILES string of the molecule is Nc1ncnc2c1ncn2[C@@H]1O[C@H](COP(=O)([O-])OC(=O)c2cc(C(=O)[S-])c[n+]([C@@H]3O[C@H](COP(=O)([O-])[O-])[C@@H](O)[C@H]3O)c2)[C@@H](O)[C@H]1O. The van der Waals surface area contributed by atoms with E-state index in [2.05, 4.69) is 36.6 Å². The minimum Gasteiger partial charge on any atom is -0.790 e. The van der Waals surface area contributed by atoms with Gasteiger partial charge in [-0.2, -0.15) is 4.57 Å². The average Bonchev–Trinajstić information content (AvgIpc) is 3.64. The number of nitrogens with two attached hydrogens (primary N) is 1. The van der Waals surface area contributed by atoms with Crippen LogP contribution >= 0.6 is 15.6 Å². The molecule has 256 valence electrons. The topological polar surface area (TPSA) is 338 Å². The van der Waals surface area contributed by atoms with Crippen LogP contribution in [0, 0.1) is 0 Å². The van der Waals surface area contributed by atoms with E-state index < -0.39 is 100 Å². The Labute approximate surface area is 267 Å². The van der Waals surface area contributed by atoms with Crippen molar-refractivity contribution in [1.82, 2.24) is 19.5 Å². The number of phosphoric ester groups is 2. The summed E-state index contributed by atoms with van der Waals surface area (Å²) in [5.41, 5.74) is 5.02. The van der Waals surface area contributed by atoms with Crippen molar-refractivity contribution in [3.8, 4) is 0 Å². The van der Waals surface area contributed by atoms with Gasteiger partial charge in [0.2, 0.25) is 0 Å². The van der Waals surface area contributed by atoms with Crippen LogP contribution in [-0.2, 0) is 44.8 Å². The second-order valence-corrected chi connectivity index (χ2v) is 12.9. The normalized spacial score (nSPS) is 29.2. The van der Waals surface area contributed by atoms with Crippen molar-refractivity contribution in [2.24, 2.45) is 0 Å². The van der Waals surface area contributed by atoms with Crippen molar-refractivity contribution < 1.29 is 81.4 Å². The van der Waals surface area contributed by atoms with Crippen LogP contribution < -0.4 is 25.0 Å². The van der Waals surface area contributed by atoms with Crippen LogP contribution in [0.5, 0.6) is 0 Å². The Morgan fingerprint density at radius 3 is 2.28 bits per heavy atom. The smallest absolute Gasteiger partial charge is 0.350 e. The maximum Gasteiger partial charge on any atom is 0.350 e. The highest BCUT2D eigenvalue weighted by atomic mass is 32.1. The van der Waals surface area contributed by atoms with E-state index in [1.165, 1.54) is 10.9 Å². The van der Waals surface area contributed by atoms with Gasteiger partial charge in [0.05, 0.1) is 32.9 Å². The number of fused-ring (bicyclic) bond motifs is 1. The Kier molecular flexibility index (Phi) is 10.0. The summed E-state index contributed by atoms with van der Waals surface area (Å²) in [5, 5.41) is 40.6. The lowest BCUT2D eigenvalue weighted by molar-refractivity contribution is -0.765. The first-order chi connectivity index (χ1) is 22.0. The number of rotatable bonds is 11. The second kappa shape index (κ2) is 13.4. The minimum atomic E-state index is -5.55.